The summed E-state index contributed by atoms with van der Waals surface area (Å²) in [5, 5.41) is 9.33. The number of halogens is 3. The molecule has 0 heterocycles. The lowest BCUT2D eigenvalue weighted by Gasteiger charge is -2.29. The molecule has 1 aliphatic carbocycles. The highest BCUT2D eigenvalue weighted by Crippen LogP contribution is 2.42. The second kappa shape index (κ2) is 8.12. The van der Waals surface area contributed by atoms with Crippen LogP contribution in [0.1, 0.15) is 61.1 Å². The fourth-order valence-corrected chi connectivity index (χ4v) is 3.81. The average molecular weight is 364 g/mol. The van der Waals surface area contributed by atoms with E-state index in [4.69, 9.17) is 4.74 Å². The third-order valence-electron chi connectivity index (χ3n) is 5.24. The molecule has 1 saturated carbocycles. The Morgan fingerprint density at radius 3 is 2.15 bits per heavy atom. The van der Waals surface area contributed by atoms with Crippen LogP contribution in [0.3, 0.4) is 0 Å². The van der Waals surface area contributed by atoms with Gasteiger partial charge in [-0.05, 0) is 61.6 Å². The molecule has 1 fully saturated rings. The third kappa shape index (κ3) is 3.88. The molecule has 0 amide bonds. The van der Waals surface area contributed by atoms with Crippen LogP contribution in [-0.2, 0) is 11.3 Å². The van der Waals surface area contributed by atoms with Gasteiger partial charge in [0, 0.05) is 18.2 Å². The van der Waals surface area contributed by atoms with Gasteiger partial charge in [-0.3, -0.25) is 0 Å². The lowest BCUT2D eigenvalue weighted by Crippen LogP contribution is -2.15. The molecule has 2 aromatic rings. The quantitative estimate of drug-likeness (QED) is 0.728. The maximum atomic E-state index is 14.5. The van der Waals surface area contributed by atoms with Crippen molar-refractivity contribution in [3.05, 3.63) is 64.5 Å². The van der Waals surface area contributed by atoms with Crippen LogP contribution in [0.4, 0.5) is 13.2 Å². The largest absolute Gasteiger partial charge is 0.508 e. The van der Waals surface area contributed by atoms with Crippen molar-refractivity contribution in [3.8, 4) is 5.75 Å². The maximum absolute atomic E-state index is 14.5. The minimum absolute atomic E-state index is 0.0389. The zero-order valence-corrected chi connectivity index (χ0v) is 14.8. The van der Waals surface area contributed by atoms with Gasteiger partial charge in [-0.1, -0.05) is 18.2 Å². The zero-order valence-electron chi connectivity index (χ0n) is 14.8. The molecule has 26 heavy (non-hydrogen) atoms. The van der Waals surface area contributed by atoms with Crippen molar-refractivity contribution in [1.82, 2.24) is 0 Å². The molecular formula is C21H23F3O2. The molecule has 140 valence electrons. The summed E-state index contributed by atoms with van der Waals surface area (Å²) < 4.78 is 47.9. The predicted octanol–water partition coefficient (Wildman–Crippen LogP) is 5.79. The summed E-state index contributed by atoms with van der Waals surface area (Å²) in [6, 6.07) is 7.46. The van der Waals surface area contributed by atoms with Crippen molar-refractivity contribution >= 4 is 0 Å². The van der Waals surface area contributed by atoms with Crippen molar-refractivity contribution in [2.24, 2.45) is 0 Å². The summed E-state index contributed by atoms with van der Waals surface area (Å²) in [6.45, 7) is 2.31. The first-order valence-electron chi connectivity index (χ1n) is 9.04. The number of ether oxygens (including phenoxy) is 1. The lowest BCUT2D eigenvalue weighted by atomic mass is 9.76. The van der Waals surface area contributed by atoms with E-state index in [9.17, 15) is 18.3 Å². The van der Waals surface area contributed by atoms with Gasteiger partial charge < -0.3 is 9.84 Å². The summed E-state index contributed by atoms with van der Waals surface area (Å²) in [4.78, 5) is 0. The fourth-order valence-electron chi connectivity index (χ4n) is 3.81. The Hall–Kier alpha value is -2.01. The van der Waals surface area contributed by atoms with Gasteiger partial charge in [0.25, 0.3) is 0 Å². The first kappa shape index (κ1) is 18.8. The standard InChI is InChI=1S/C21H23F3O2/c1-2-26-12-15-7-9-18(21(24)20(15)23)14-5-3-13(4-6-14)17-10-8-16(25)11-19(17)22/h7-11,13-14,25H,2-6,12H2,1H3. The Morgan fingerprint density at radius 1 is 0.923 bits per heavy atom. The number of rotatable bonds is 5. The number of hydrogen-bond acceptors (Lipinski definition) is 2. The Labute approximate surface area is 151 Å². The van der Waals surface area contributed by atoms with Gasteiger partial charge in [0.2, 0.25) is 0 Å². The Balaban J connectivity index is 1.71. The minimum atomic E-state index is -0.831. The molecule has 0 unspecified atom stereocenters. The molecule has 2 nitrogen and oxygen atoms in total. The van der Waals surface area contributed by atoms with Crippen molar-refractivity contribution in [1.29, 1.82) is 0 Å². The zero-order chi connectivity index (χ0) is 18.7. The van der Waals surface area contributed by atoms with Gasteiger partial charge in [0.1, 0.15) is 11.6 Å². The SMILES string of the molecule is CCOCc1ccc(C2CCC(c3ccc(O)cc3F)CC2)c(F)c1F. The van der Waals surface area contributed by atoms with E-state index >= 15 is 0 Å². The van der Waals surface area contributed by atoms with Crippen LogP contribution >= 0.6 is 0 Å². The van der Waals surface area contributed by atoms with Crippen LogP contribution in [0.5, 0.6) is 5.75 Å². The number of aromatic hydroxyl groups is 1. The van der Waals surface area contributed by atoms with Gasteiger partial charge in [-0.15, -0.1) is 0 Å². The molecule has 0 saturated heterocycles. The van der Waals surface area contributed by atoms with Crippen molar-refractivity contribution < 1.29 is 23.0 Å². The van der Waals surface area contributed by atoms with Gasteiger partial charge in [0.15, 0.2) is 11.6 Å². The molecule has 0 atom stereocenters. The van der Waals surface area contributed by atoms with Crippen LogP contribution < -0.4 is 0 Å². The molecule has 1 aliphatic rings. The highest BCUT2D eigenvalue weighted by Gasteiger charge is 2.28. The third-order valence-corrected chi connectivity index (χ3v) is 5.24. The summed E-state index contributed by atoms with van der Waals surface area (Å²) in [5.41, 5.74) is 1.21. The Morgan fingerprint density at radius 2 is 1.54 bits per heavy atom. The van der Waals surface area contributed by atoms with Gasteiger partial charge in [-0.2, -0.15) is 0 Å². The Kier molecular flexibility index (Phi) is 5.87. The van der Waals surface area contributed by atoms with E-state index in [1.807, 2.05) is 0 Å². The first-order chi connectivity index (χ1) is 12.5. The number of phenolic OH excluding ortho intramolecular Hbond substituents is 1. The first-order valence-corrected chi connectivity index (χ1v) is 9.04. The molecule has 3 rings (SSSR count). The molecule has 0 bridgehead atoms. The van der Waals surface area contributed by atoms with Crippen LogP contribution in [0.2, 0.25) is 0 Å². The second-order valence-electron chi connectivity index (χ2n) is 6.83. The number of phenols is 1. The second-order valence-corrected chi connectivity index (χ2v) is 6.83. The molecule has 0 aliphatic heterocycles. The van der Waals surface area contributed by atoms with E-state index in [1.54, 1.807) is 25.1 Å². The molecule has 0 spiro atoms. The van der Waals surface area contributed by atoms with Crippen LogP contribution in [0.15, 0.2) is 30.3 Å². The van der Waals surface area contributed by atoms with Crippen LogP contribution in [0.25, 0.3) is 0 Å². The van der Waals surface area contributed by atoms with E-state index in [0.29, 0.717) is 43.4 Å². The fraction of sp³-hybridized carbons (Fsp3) is 0.429. The number of hydrogen-bond donors (Lipinski definition) is 1. The molecule has 0 radical (unpaired) electrons. The lowest BCUT2D eigenvalue weighted by molar-refractivity contribution is 0.131. The van der Waals surface area contributed by atoms with E-state index in [2.05, 4.69) is 0 Å². The van der Waals surface area contributed by atoms with Crippen molar-refractivity contribution in [2.75, 3.05) is 6.61 Å². The topological polar surface area (TPSA) is 29.5 Å². The van der Waals surface area contributed by atoms with Gasteiger partial charge >= 0.3 is 0 Å². The van der Waals surface area contributed by atoms with Gasteiger partial charge in [0.05, 0.1) is 6.61 Å². The maximum Gasteiger partial charge on any atom is 0.164 e. The van der Waals surface area contributed by atoms with E-state index in [1.165, 1.54) is 6.07 Å². The molecule has 2 aromatic carbocycles. The van der Waals surface area contributed by atoms with Crippen molar-refractivity contribution in [2.45, 2.75) is 51.0 Å². The van der Waals surface area contributed by atoms with Gasteiger partial charge in [-0.25, -0.2) is 13.2 Å². The highest BCUT2D eigenvalue weighted by molar-refractivity contribution is 5.32. The molecule has 1 N–H and O–H groups in total. The summed E-state index contributed by atoms with van der Waals surface area (Å²) in [5.74, 6) is -2.15. The minimum Gasteiger partial charge on any atom is -0.508 e. The van der Waals surface area contributed by atoms with Crippen molar-refractivity contribution in [3.63, 3.8) is 0 Å². The Bertz CT molecular complexity index is 768. The molecule has 5 heteroatoms. The van der Waals surface area contributed by atoms with E-state index in [0.717, 1.165) is 6.07 Å². The molecule has 0 aromatic heterocycles. The summed E-state index contributed by atoms with van der Waals surface area (Å²) in [6.07, 6.45) is 2.75. The average Bonchev–Trinajstić information content (AvgIpc) is 2.63. The van der Waals surface area contributed by atoms with E-state index < -0.39 is 17.5 Å². The van der Waals surface area contributed by atoms with Crippen LogP contribution in [0, 0.1) is 17.5 Å². The molecular weight excluding hydrogens is 341 g/mol. The summed E-state index contributed by atoms with van der Waals surface area (Å²) >= 11 is 0. The predicted molar refractivity (Wildman–Crippen MR) is 93.7 cm³/mol. The van der Waals surface area contributed by atoms with Crippen LogP contribution in [-0.4, -0.2) is 11.7 Å². The number of benzene rings is 2. The van der Waals surface area contributed by atoms with E-state index in [-0.39, 0.29) is 29.8 Å². The smallest absolute Gasteiger partial charge is 0.164 e. The normalized spacial score (nSPS) is 20.3. The summed E-state index contributed by atoms with van der Waals surface area (Å²) in [7, 11) is 0. The monoisotopic (exact) mass is 364 g/mol. The highest BCUT2D eigenvalue weighted by atomic mass is 19.2.